The van der Waals surface area contributed by atoms with Gasteiger partial charge in [-0.3, -0.25) is 4.79 Å². The number of nitrogens with one attached hydrogen (secondary N) is 1. The number of benzene rings is 3. The van der Waals surface area contributed by atoms with Crippen molar-refractivity contribution in [2.75, 3.05) is 39.5 Å². The molecule has 15 heteroatoms. The molecule has 278 valence electrons. The predicted octanol–water partition coefficient (Wildman–Crippen LogP) is 6.48. The number of hydrogen-bond donors (Lipinski definition) is 1. The van der Waals surface area contributed by atoms with Crippen molar-refractivity contribution in [3.05, 3.63) is 87.2 Å². The first-order valence-corrected chi connectivity index (χ1v) is 17.4. The summed E-state index contributed by atoms with van der Waals surface area (Å²) in [6.45, 7) is 7.60. The van der Waals surface area contributed by atoms with Crippen molar-refractivity contribution in [1.29, 1.82) is 0 Å². The van der Waals surface area contributed by atoms with Crippen LogP contribution in [-0.4, -0.2) is 71.4 Å². The first-order chi connectivity index (χ1) is 25.1. The molecule has 0 aliphatic carbocycles. The van der Waals surface area contributed by atoms with Gasteiger partial charge in [-0.05, 0) is 85.9 Å². The van der Waals surface area contributed by atoms with Crippen LogP contribution in [0.4, 0.5) is 26.7 Å². The minimum atomic E-state index is -2.33. The minimum absolute atomic E-state index is 0.0976. The summed E-state index contributed by atoms with van der Waals surface area (Å²) in [4.78, 5) is 26.3. The summed E-state index contributed by atoms with van der Waals surface area (Å²) in [5.41, 5.74) is 7.20. The number of halogens is 5. The number of hydrogen-bond acceptors (Lipinski definition) is 8. The van der Waals surface area contributed by atoms with Crippen LogP contribution in [0.1, 0.15) is 66.3 Å². The van der Waals surface area contributed by atoms with E-state index in [1.807, 2.05) is 23.7 Å². The maximum absolute atomic E-state index is 13.9. The Balaban J connectivity index is 1.01. The number of carbonyl (C=O) groups is 2. The minimum Gasteiger partial charge on any atom is -0.466 e. The number of ether oxygens (including phenoxy) is 3. The van der Waals surface area contributed by atoms with E-state index < -0.39 is 40.9 Å². The molecule has 1 N–H and O–H groups in total. The fourth-order valence-corrected chi connectivity index (χ4v) is 6.91. The lowest BCUT2D eigenvalue weighted by atomic mass is 9.83. The molecule has 0 saturated carbocycles. The number of amides is 1. The van der Waals surface area contributed by atoms with Gasteiger partial charge in [0.05, 0.1) is 18.5 Å². The highest BCUT2D eigenvalue weighted by atomic mass is 19.2. The summed E-state index contributed by atoms with van der Waals surface area (Å²) in [5.74, 6) is -13.1. The van der Waals surface area contributed by atoms with Gasteiger partial charge in [0.1, 0.15) is 5.52 Å². The Morgan fingerprint density at radius 2 is 1.71 bits per heavy atom. The monoisotopic (exact) mass is 729 g/mol. The van der Waals surface area contributed by atoms with Gasteiger partial charge in [0.15, 0.2) is 0 Å². The molecular formula is C37H40F5N5O5. The maximum Gasteiger partial charge on any atom is 0.415 e. The summed E-state index contributed by atoms with van der Waals surface area (Å²) >= 11 is 0. The lowest BCUT2D eigenvalue weighted by molar-refractivity contribution is -0.143. The zero-order valence-corrected chi connectivity index (χ0v) is 29.0. The molecular weight excluding hydrogens is 689 g/mol. The molecule has 3 aromatic carbocycles. The van der Waals surface area contributed by atoms with E-state index in [0.717, 1.165) is 52.1 Å². The number of likely N-dealkylation sites (tertiary alicyclic amines) is 1. The van der Waals surface area contributed by atoms with Gasteiger partial charge < -0.3 is 24.4 Å². The van der Waals surface area contributed by atoms with Crippen LogP contribution in [0.25, 0.3) is 11.0 Å². The molecule has 2 aliphatic heterocycles. The Labute approximate surface area is 297 Å². The van der Waals surface area contributed by atoms with Crippen LogP contribution in [0.15, 0.2) is 30.3 Å². The summed E-state index contributed by atoms with van der Waals surface area (Å²) in [5, 5.41) is 12.3. The average Bonchev–Trinajstić information content (AvgIpc) is 3.58. The molecule has 1 fully saturated rings. The van der Waals surface area contributed by atoms with Crippen molar-refractivity contribution >= 4 is 23.1 Å². The van der Waals surface area contributed by atoms with Crippen molar-refractivity contribution in [3.8, 4) is 5.75 Å². The van der Waals surface area contributed by atoms with E-state index in [9.17, 15) is 31.5 Å². The van der Waals surface area contributed by atoms with Crippen molar-refractivity contribution in [1.82, 2.24) is 25.2 Å². The van der Waals surface area contributed by atoms with Crippen molar-refractivity contribution in [2.45, 2.75) is 65.0 Å². The molecule has 1 aromatic heterocycles. The molecule has 1 atom stereocenters. The Morgan fingerprint density at radius 3 is 2.44 bits per heavy atom. The molecule has 2 aliphatic rings. The van der Waals surface area contributed by atoms with Crippen LogP contribution in [-0.2, 0) is 33.8 Å². The molecule has 52 heavy (non-hydrogen) atoms. The number of rotatable bonds is 12. The lowest BCUT2D eigenvalue weighted by Gasteiger charge is -2.31. The molecule has 3 heterocycles. The normalized spacial score (nSPS) is 15.5. The zero-order valence-electron chi connectivity index (χ0n) is 29.0. The van der Waals surface area contributed by atoms with Gasteiger partial charge in [0, 0.05) is 45.3 Å². The van der Waals surface area contributed by atoms with E-state index in [4.69, 9.17) is 9.47 Å². The number of aryl methyl sites for hydroxylation is 2. The van der Waals surface area contributed by atoms with Gasteiger partial charge in [-0.2, -0.15) is 8.78 Å². The second kappa shape index (κ2) is 16.4. The van der Waals surface area contributed by atoms with Gasteiger partial charge in [0.25, 0.3) is 0 Å². The fourth-order valence-electron chi connectivity index (χ4n) is 6.91. The fraction of sp³-hybridized carbons (Fsp3) is 0.459. The molecule has 4 aromatic rings. The highest BCUT2D eigenvalue weighted by Crippen LogP contribution is 2.35. The Bertz CT molecular complexity index is 1920. The van der Waals surface area contributed by atoms with E-state index in [2.05, 4.69) is 38.6 Å². The van der Waals surface area contributed by atoms with Crippen LogP contribution in [0, 0.1) is 41.9 Å². The number of fused-ring (bicyclic) bond motifs is 2. The van der Waals surface area contributed by atoms with Crippen LogP contribution >= 0.6 is 0 Å². The number of carbonyl (C=O) groups excluding carboxylic acids is 2. The predicted molar refractivity (Wildman–Crippen MR) is 179 cm³/mol. The van der Waals surface area contributed by atoms with E-state index in [-0.39, 0.29) is 37.3 Å². The third-order valence-corrected chi connectivity index (χ3v) is 9.80. The molecule has 0 bridgehead atoms. The number of piperidine rings is 1. The van der Waals surface area contributed by atoms with Gasteiger partial charge in [-0.25, -0.2) is 22.6 Å². The summed E-state index contributed by atoms with van der Waals surface area (Å²) in [7, 11) is 0. The van der Waals surface area contributed by atoms with Gasteiger partial charge in [-0.1, -0.05) is 29.5 Å². The van der Waals surface area contributed by atoms with Crippen molar-refractivity contribution < 1.29 is 45.8 Å². The van der Waals surface area contributed by atoms with Crippen molar-refractivity contribution in [3.63, 3.8) is 0 Å². The highest BCUT2D eigenvalue weighted by molar-refractivity contribution is 5.80. The molecule has 10 nitrogen and oxygen atoms in total. The molecule has 1 saturated heterocycles. The average molecular weight is 730 g/mol. The topological polar surface area (TPSA) is 108 Å². The SMILES string of the molecule is CCOC(=O)C[C@@H](c1ccc2c(c1)CNCC2)c1ccc2c(nnn2CCCOCC2CCN(C(=O)Oc3c(F)c(F)c(F)c(F)c3F)CC2)c1C. The Kier molecular flexibility index (Phi) is 11.7. The van der Waals surface area contributed by atoms with Crippen LogP contribution in [0.2, 0.25) is 0 Å². The zero-order chi connectivity index (χ0) is 36.9. The van der Waals surface area contributed by atoms with E-state index in [1.165, 1.54) is 11.1 Å². The third kappa shape index (κ3) is 7.89. The van der Waals surface area contributed by atoms with E-state index >= 15 is 0 Å². The second-order valence-corrected chi connectivity index (χ2v) is 13.1. The van der Waals surface area contributed by atoms with Crippen LogP contribution in [0.3, 0.4) is 0 Å². The smallest absolute Gasteiger partial charge is 0.415 e. The van der Waals surface area contributed by atoms with Crippen LogP contribution in [0.5, 0.6) is 5.75 Å². The Morgan fingerprint density at radius 1 is 0.981 bits per heavy atom. The first kappa shape index (κ1) is 37.1. The summed E-state index contributed by atoms with van der Waals surface area (Å²) in [6, 6.07) is 10.5. The molecule has 0 spiro atoms. The van der Waals surface area contributed by atoms with Crippen molar-refractivity contribution in [2.24, 2.45) is 5.92 Å². The quantitative estimate of drug-likeness (QED) is 0.0581. The second-order valence-electron chi connectivity index (χ2n) is 13.1. The number of aromatic nitrogens is 3. The molecule has 0 unspecified atom stereocenters. The standard InChI is InChI=1S/C37H40F5N5O5/c1-3-51-29(48)18-27(24-6-5-23-9-12-43-19-25(23)17-24)26-7-8-28-35(21(26)2)44-45-47(28)13-4-16-50-20-22-10-14-46(15-11-22)37(49)52-36-33(41)31(39)30(38)32(40)34(36)42/h5-8,17,22,27,43H,3-4,9-16,18-20H2,1-2H3/t27-/m0/s1. The summed E-state index contributed by atoms with van der Waals surface area (Å²) in [6.07, 6.45) is 1.64. The third-order valence-electron chi connectivity index (χ3n) is 9.80. The number of nitrogens with zero attached hydrogens (tertiary/aromatic N) is 4. The van der Waals surface area contributed by atoms with Crippen LogP contribution < -0.4 is 10.1 Å². The maximum atomic E-state index is 13.9. The van der Waals surface area contributed by atoms with Gasteiger partial charge >= 0.3 is 12.1 Å². The largest absolute Gasteiger partial charge is 0.466 e. The van der Waals surface area contributed by atoms with Gasteiger partial charge in [-0.15, -0.1) is 5.10 Å². The number of esters is 1. The molecule has 1 amide bonds. The summed E-state index contributed by atoms with van der Waals surface area (Å²) < 4.78 is 85.7. The van der Waals surface area contributed by atoms with Gasteiger partial charge in [0.2, 0.25) is 34.8 Å². The molecule has 0 radical (unpaired) electrons. The lowest BCUT2D eigenvalue weighted by Crippen LogP contribution is -2.41. The molecule has 6 rings (SSSR count). The van der Waals surface area contributed by atoms with E-state index in [0.29, 0.717) is 45.6 Å². The Hall–Kier alpha value is -4.63. The van der Waals surface area contributed by atoms with E-state index in [1.54, 1.807) is 6.92 Å². The highest BCUT2D eigenvalue weighted by Gasteiger charge is 2.31. The first-order valence-electron chi connectivity index (χ1n) is 17.4.